The molecule has 2 fully saturated rings. The van der Waals surface area contributed by atoms with Gasteiger partial charge in [-0.1, -0.05) is 6.92 Å². The van der Waals surface area contributed by atoms with Crippen molar-refractivity contribution < 1.29 is 9.59 Å². The number of nitrogens with zero attached hydrogens (tertiary/aromatic N) is 3. The number of urea groups is 1. The summed E-state index contributed by atoms with van der Waals surface area (Å²) < 4.78 is 0. The summed E-state index contributed by atoms with van der Waals surface area (Å²) in [6, 6.07) is 3.69. The van der Waals surface area contributed by atoms with Crippen molar-refractivity contribution in [2.45, 2.75) is 38.3 Å². The van der Waals surface area contributed by atoms with Crippen LogP contribution < -0.4 is 11.1 Å². The summed E-state index contributed by atoms with van der Waals surface area (Å²) in [5.74, 6) is -0.576. The van der Waals surface area contributed by atoms with Gasteiger partial charge in [0.15, 0.2) is 0 Å². The van der Waals surface area contributed by atoms with Crippen LogP contribution in [0.15, 0.2) is 18.3 Å². The van der Waals surface area contributed by atoms with Crippen LogP contribution in [0, 0.1) is 0 Å². The number of amides is 3. The molecule has 1 aromatic rings. The van der Waals surface area contributed by atoms with E-state index in [4.69, 9.17) is 5.73 Å². The van der Waals surface area contributed by atoms with E-state index in [2.05, 4.69) is 22.1 Å². The second-order valence-electron chi connectivity index (χ2n) is 6.20. The van der Waals surface area contributed by atoms with Gasteiger partial charge in [0.05, 0.1) is 11.9 Å². The second kappa shape index (κ2) is 6.54. The minimum Gasteiger partial charge on any atom is -0.364 e. The van der Waals surface area contributed by atoms with Crippen LogP contribution in [0.3, 0.4) is 0 Å². The van der Waals surface area contributed by atoms with Gasteiger partial charge in [0.2, 0.25) is 0 Å². The standard InChI is InChI=1S/C16H23N5O2/c1-2-20-8-7-12-4-5-13(10-20)21(12)16(23)19-11-3-6-14(15(17)22)18-9-11/h3,6,9,12-13H,2,4-5,7-8,10H2,1H3,(H2,17,22)(H,19,23). The Morgan fingerprint density at radius 1 is 1.30 bits per heavy atom. The number of carbonyl (C=O) groups is 2. The Bertz CT molecular complexity index is 589. The number of hydrogen-bond acceptors (Lipinski definition) is 4. The van der Waals surface area contributed by atoms with E-state index >= 15 is 0 Å². The van der Waals surface area contributed by atoms with Gasteiger partial charge in [-0.15, -0.1) is 0 Å². The molecule has 2 aliphatic rings. The summed E-state index contributed by atoms with van der Waals surface area (Å²) in [5.41, 5.74) is 5.94. The highest BCUT2D eigenvalue weighted by Gasteiger charge is 2.39. The Labute approximate surface area is 135 Å². The highest BCUT2D eigenvalue weighted by molar-refractivity contribution is 5.92. The number of hydrogen-bond donors (Lipinski definition) is 2. The van der Waals surface area contributed by atoms with Crippen LogP contribution in [0.25, 0.3) is 0 Å². The quantitative estimate of drug-likeness (QED) is 0.878. The zero-order valence-electron chi connectivity index (χ0n) is 13.4. The molecule has 3 heterocycles. The van der Waals surface area contributed by atoms with Gasteiger partial charge in [-0.3, -0.25) is 4.79 Å². The van der Waals surface area contributed by atoms with E-state index in [0.717, 1.165) is 38.9 Å². The molecular weight excluding hydrogens is 294 g/mol. The molecule has 0 spiro atoms. The monoisotopic (exact) mass is 317 g/mol. The van der Waals surface area contributed by atoms with Crippen LogP contribution in [0.2, 0.25) is 0 Å². The fourth-order valence-electron chi connectivity index (χ4n) is 3.57. The van der Waals surface area contributed by atoms with E-state index in [0.29, 0.717) is 11.7 Å². The molecule has 7 heteroatoms. The Kier molecular flexibility index (Phi) is 4.47. The maximum Gasteiger partial charge on any atom is 0.322 e. The Morgan fingerprint density at radius 3 is 2.74 bits per heavy atom. The summed E-state index contributed by atoms with van der Waals surface area (Å²) >= 11 is 0. The molecule has 0 aliphatic carbocycles. The molecule has 3 N–H and O–H groups in total. The molecule has 2 saturated heterocycles. The summed E-state index contributed by atoms with van der Waals surface area (Å²) in [6.07, 6.45) is 4.63. The van der Waals surface area contributed by atoms with Gasteiger partial charge in [0.1, 0.15) is 5.69 Å². The highest BCUT2D eigenvalue weighted by atomic mass is 16.2. The zero-order valence-corrected chi connectivity index (χ0v) is 13.4. The number of likely N-dealkylation sites (tertiary alicyclic amines) is 1. The SMILES string of the molecule is CCN1CCC2CCC(C1)N2C(=O)Nc1ccc(C(N)=O)nc1. The summed E-state index contributed by atoms with van der Waals surface area (Å²) in [6.45, 7) is 5.18. The maximum atomic E-state index is 12.7. The van der Waals surface area contributed by atoms with Gasteiger partial charge >= 0.3 is 6.03 Å². The number of nitrogens with two attached hydrogens (primary N) is 1. The van der Waals surface area contributed by atoms with E-state index in [1.54, 1.807) is 6.07 Å². The van der Waals surface area contributed by atoms with Crippen molar-refractivity contribution in [3.8, 4) is 0 Å². The van der Waals surface area contributed by atoms with Crippen molar-refractivity contribution in [1.29, 1.82) is 0 Å². The molecule has 1 aromatic heterocycles. The van der Waals surface area contributed by atoms with Crippen LogP contribution in [0.4, 0.5) is 10.5 Å². The third kappa shape index (κ3) is 3.29. The van der Waals surface area contributed by atoms with E-state index in [1.807, 2.05) is 4.90 Å². The normalized spacial score (nSPS) is 24.3. The number of nitrogens with one attached hydrogen (secondary N) is 1. The number of carbonyl (C=O) groups excluding carboxylic acids is 2. The third-order valence-corrected chi connectivity index (χ3v) is 4.82. The summed E-state index contributed by atoms with van der Waals surface area (Å²) in [4.78, 5) is 32.1. The van der Waals surface area contributed by atoms with Crippen molar-refractivity contribution in [3.05, 3.63) is 24.0 Å². The van der Waals surface area contributed by atoms with Crippen molar-refractivity contribution in [2.75, 3.05) is 25.0 Å². The first-order valence-corrected chi connectivity index (χ1v) is 8.16. The maximum absolute atomic E-state index is 12.7. The Morgan fingerprint density at radius 2 is 2.09 bits per heavy atom. The van der Waals surface area contributed by atoms with E-state index in [1.165, 1.54) is 12.3 Å². The van der Waals surface area contributed by atoms with Gasteiger partial charge in [-0.2, -0.15) is 0 Å². The number of anilines is 1. The van der Waals surface area contributed by atoms with Crippen LogP contribution in [0.1, 0.15) is 36.7 Å². The van der Waals surface area contributed by atoms with Crippen molar-refractivity contribution in [1.82, 2.24) is 14.8 Å². The summed E-state index contributed by atoms with van der Waals surface area (Å²) in [7, 11) is 0. The van der Waals surface area contributed by atoms with Crippen molar-refractivity contribution in [2.24, 2.45) is 5.73 Å². The number of primary amides is 1. The predicted octanol–water partition coefficient (Wildman–Crippen LogP) is 1.27. The number of rotatable bonds is 3. The molecule has 0 aromatic carbocycles. The number of pyridine rings is 1. The third-order valence-electron chi connectivity index (χ3n) is 4.82. The molecule has 7 nitrogen and oxygen atoms in total. The van der Waals surface area contributed by atoms with E-state index < -0.39 is 5.91 Å². The molecule has 2 aliphatic heterocycles. The molecule has 2 atom stereocenters. The molecule has 2 unspecified atom stereocenters. The van der Waals surface area contributed by atoms with Crippen LogP contribution in [0.5, 0.6) is 0 Å². The molecule has 0 saturated carbocycles. The van der Waals surface area contributed by atoms with Gasteiger partial charge in [0, 0.05) is 25.2 Å². The second-order valence-corrected chi connectivity index (χ2v) is 6.20. The van der Waals surface area contributed by atoms with Gasteiger partial charge in [-0.05, 0) is 37.9 Å². The highest BCUT2D eigenvalue weighted by Crippen LogP contribution is 2.30. The molecule has 3 rings (SSSR count). The largest absolute Gasteiger partial charge is 0.364 e. The van der Waals surface area contributed by atoms with Gasteiger partial charge in [0.25, 0.3) is 5.91 Å². The molecule has 3 amide bonds. The van der Waals surface area contributed by atoms with Gasteiger partial charge in [-0.25, -0.2) is 9.78 Å². The average Bonchev–Trinajstić information content (AvgIpc) is 2.83. The van der Waals surface area contributed by atoms with Crippen LogP contribution in [-0.4, -0.2) is 58.4 Å². The molecule has 2 bridgehead atoms. The van der Waals surface area contributed by atoms with Crippen molar-refractivity contribution in [3.63, 3.8) is 0 Å². The lowest BCUT2D eigenvalue weighted by atomic mass is 10.1. The first-order chi connectivity index (χ1) is 11.1. The van der Waals surface area contributed by atoms with E-state index in [9.17, 15) is 9.59 Å². The summed E-state index contributed by atoms with van der Waals surface area (Å²) in [5, 5.41) is 2.89. The van der Waals surface area contributed by atoms with E-state index in [-0.39, 0.29) is 17.8 Å². The lowest BCUT2D eigenvalue weighted by Gasteiger charge is -2.28. The lowest BCUT2D eigenvalue weighted by Crippen LogP contribution is -2.45. The topological polar surface area (TPSA) is 91.6 Å². The Balaban J connectivity index is 1.69. The molecular formula is C16H23N5O2. The minimum absolute atomic E-state index is 0.0796. The number of fused-ring (bicyclic) bond motifs is 2. The molecule has 0 radical (unpaired) electrons. The van der Waals surface area contributed by atoms with Gasteiger partial charge < -0.3 is 20.9 Å². The number of aromatic nitrogens is 1. The van der Waals surface area contributed by atoms with Crippen LogP contribution >= 0.6 is 0 Å². The zero-order chi connectivity index (χ0) is 16.4. The van der Waals surface area contributed by atoms with Crippen molar-refractivity contribution >= 4 is 17.6 Å². The minimum atomic E-state index is -0.576. The predicted molar refractivity (Wildman–Crippen MR) is 87.2 cm³/mol. The lowest BCUT2D eigenvalue weighted by molar-refractivity contribution is 0.0995. The average molecular weight is 317 g/mol. The van der Waals surface area contributed by atoms with Crippen LogP contribution in [-0.2, 0) is 0 Å². The first-order valence-electron chi connectivity index (χ1n) is 8.16. The molecule has 124 valence electrons. The fraction of sp³-hybridized carbons (Fsp3) is 0.562. The fourth-order valence-corrected chi connectivity index (χ4v) is 3.57. The number of likely N-dealkylation sites (N-methyl/N-ethyl adjacent to an activating group) is 1. The molecule has 23 heavy (non-hydrogen) atoms. The Hall–Kier alpha value is -2.15. The first kappa shape index (κ1) is 15.7. The smallest absolute Gasteiger partial charge is 0.322 e.